The molecule has 1 atom stereocenters. The van der Waals surface area contributed by atoms with E-state index in [-0.39, 0.29) is 0 Å². The first-order valence-electron chi connectivity index (χ1n) is 7.05. The lowest BCUT2D eigenvalue weighted by Gasteiger charge is -2.37. The second-order valence-corrected chi connectivity index (χ2v) is 5.71. The van der Waals surface area contributed by atoms with Gasteiger partial charge >= 0.3 is 0 Å². The van der Waals surface area contributed by atoms with Crippen LogP contribution in [0.1, 0.15) is 50.8 Å². The zero-order chi connectivity index (χ0) is 13.0. The van der Waals surface area contributed by atoms with E-state index in [1.807, 2.05) is 6.92 Å². The van der Waals surface area contributed by atoms with Gasteiger partial charge in [-0.3, -0.25) is 0 Å². The van der Waals surface area contributed by atoms with Gasteiger partial charge in [0, 0.05) is 19.2 Å². The maximum Gasteiger partial charge on any atom is 0.0590 e. The lowest BCUT2D eigenvalue weighted by atomic mass is 9.71. The van der Waals surface area contributed by atoms with Crippen LogP contribution >= 0.6 is 0 Å². The van der Waals surface area contributed by atoms with E-state index < -0.39 is 0 Å². The molecule has 1 aromatic carbocycles. The van der Waals surface area contributed by atoms with Crippen LogP contribution < -0.4 is 5.32 Å². The van der Waals surface area contributed by atoms with Crippen molar-refractivity contribution in [3.63, 3.8) is 0 Å². The van der Waals surface area contributed by atoms with E-state index in [2.05, 4.69) is 43.4 Å². The summed E-state index contributed by atoms with van der Waals surface area (Å²) in [6, 6.07) is 9.36. The Kier molecular flexibility index (Phi) is 4.41. The SMILES string of the molecule is CCOCCNC1CCC(C)(C)c2ccccc21. The second-order valence-electron chi connectivity index (χ2n) is 5.71. The van der Waals surface area contributed by atoms with Crippen molar-refractivity contribution >= 4 is 0 Å². The molecule has 0 amide bonds. The molecule has 0 fully saturated rings. The molecule has 1 aliphatic rings. The summed E-state index contributed by atoms with van der Waals surface area (Å²) in [6.07, 6.45) is 2.46. The molecule has 0 saturated heterocycles. The molecule has 0 aliphatic heterocycles. The van der Waals surface area contributed by atoms with Crippen molar-refractivity contribution in [2.45, 2.75) is 45.1 Å². The van der Waals surface area contributed by atoms with Gasteiger partial charge in [-0.25, -0.2) is 0 Å². The van der Waals surface area contributed by atoms with Crippen LogP contribution in [0.5, 0.6) is 0 Å². The molecule has 2 heteroatoms. The monoisotopic (exact) mass is 247 g/mol. The average molecular weight is 247 g/mol. The zero-order valence-electron chi connectivity index (χ0n) is 11.8. The largest absolute Gasteiger partial charge is 0.380 e. The normalized spacial score (nSPS) is 21.6. The summed E-state index contributed by atoms with van der Waals surface area (Å²) in [5.74, 6) is 0. The zero-order valence-corrected chi connectivity index (χ0v) is 11.8. The van der Waals surface area contributed by atoms with Crippen molar-refractivity contribution in [3.05, 3.63) is 35.4 Å². The predicted molar refractivity (Wildman–Crippen MR) is 75.9 cm³/mol. The number of benzene rings is 1. The van der Waals surface area contributed by atoms with Crippen LogP contribution in [-0.4, -0.2) is 19.8 Å². The van der Waals surface area contributed by atoms with Crippen molar-refractivity contribution in [2.75, 3.05) is 19.8 Å². The molecule has 0 saturated carbocycles. The van der Waals surface area contributed by atoms with Crippen molar-refractivity contribution < 1.29 is 4.74 Å². The lowest BCUT2D eigenvalue weighted by molar-refractivity contribution is 0.145. The highest BCUT2D eigenvalue weighted by Gasteiger charge is 2.31. The van der Waals surface area contributed by atoms with Gasteiger partial charge in [0.05, 0.1) is 6.61 Å². The van der Waals surface area contributed by atoms with E-state index in [1.54, 1.807) is 0 Å². The van der Waals surface area contributed by atoms with Crippen molar-refractivity contribution in [1.82, 2.24) is 5.32 Å². The van der Waals surface area contributed by atoms with Crippen LogP contribution in [0.15, 0.2) is 24.3 Å². The fraction of sp³-hybridized carbons (Fsp3) is 0.625. The minimum Gasteiger partial charge on any atom is -0.380 e. The summed E-state index contributed by atoms with van der Waals surface area (Å²) in [7, 11) is 0. The second kappa shape index (κ2) is 5.85. The van der Waals surface area contributed by atoms with Crippen LogP contribution in [0.3, 0.4) is 0 Å². The number of ether oxygens (including phenoxy) is 1. The van der Waals surface area contributed by atoms with Crippen molar-refractivity contribution in [2.24, 2.45) is 0 Å². The number of fused-ring (bicyclic) bond motifs is 1. The summed E-state index contributed by atoms with van der Waals surface area (Å²) in [4.78, 5) is 0. The number of nitrogens with one attached hydrogen (secondary N) is 1. The minimum absolute atomic E-state index is 0.314. The Balaban J connectivity index is 2.06. The van der Waals surface area contributed by atoms with Gasteiger partial charge in [0.25, 0.3) is 0 Å². The van der Waals surface area contributed by atoms with Crippen LogP contribution in [0.2, 0.25) is 0 Å². The van der Waals surface area contributed by atoms with Crippen molar-refractivity contribution in [3.8, 4) is 0 Å². The predicted octanol–water partition coefficient (Wildman–Crippen LogP) is 3.43. The number of hydrogen-bond acceptors (Lipinski definition) is 2. The molecule has 100 valence electrons. The quantitative estimate of drug-likeness (QED) is 0.805. The smallest absolute Gasteiger partial charge is 0.0590 e. The van der Waals surface area contributed by atoms with Gasteiger partial charge in [-0.1, -0.05) is 38.1 Å². The van der Waals surface area contributed by atoms with Crippen LogP contribution in [0.4, 0.5) is 0 Å². The third-order valence-electron chi connectivity index (χ3n) is 3.96. The van der Waals surface area contributed by atoms with E-state index in [9.17, 15) is 0 Å². The third kappa shape index (κ3) is 2.93. The van der Waals surface area contributed by atoms with Gasteiger partial charge < -0.3 is 10.1 Å². The molecule has 0 bridgehead atoms. The van der Waals surface area contributed by atoms with Gasteiger partial charge in [0.15, 0.2) is 0 Å². The Morgan fingerprint density at radius 3 is 2.89 bits per heavy atom. The van der Waals surface area contributed by atoms with E-state index in [1.165, 1.54) is 24.0 Å². The average Bonchev–Trinajstić information content (AvgIpc) is 2.37. The molecule has 1 N–H and O–H groups in total. The summed E-state index contributed by atoms with van der Waals surface area (Å²) in [5, 5.41) is 3.63. The third-order valence-corrected chi connectivity index (χ3v) is 3.96. The molecule has 0 radical (unpaired) electrons. The van der Waals surface area contributed by atoms with E-state index in [0.717, 1.165) is 19.8 Å². The molecule has 0 aromatic heterocycles. The summed E-state index contributed by atoms with van der Waals surface area (Å²) in [6.45, 7) is 9.28. The molecular weight excluding hydrogens is 222 g/mol. The number of hydrogen-bond donors (Lipinski definition) is 1. The highest BCUT2D eigenvalue weighted by molar-refractivity contribution is 5.38. The molecular formula is C16H25NO. The summed E-state index contributed by atoms with van der Waals surface area (Å²) >= 11 is 0. The van der Waals surface area contributed by atoms with E-state index in [4.69, 9.17) is 4.74 Å². The molecule has 1 unspecified atom stereocenters. The molecule has 1 aliphatic carbocycles. The fourth-order valence-electron chi connectivity index (χ4n) is 2.87. The summed E-state index contributed by atoms with van der Waals surface area (Å²) in [5.41, 5.74) is 3.30. The minimum atomic E-state index is 0.314. The lowest BCUT2D eigenvalue weighted by Crippen LogP contribution is -2.34. The first-order valence-corrected chi connectivity index (χ1v) is 7.05. The van der Waals surface area contributed by atoms with Gasteiger partial charge in [0.2, 0.25) is 0 Å². The van der Waals surface area contributed by atoms with Gasteiger partial charge in [-0.15, -0.1) is 0 Å². The van der Waals surface area contributed by atoms with Crippen LogP contribution in [0, 0.1) is 0 Å². The first kappa shape index (κ1) is 13.6. The number of rotatable bonds is 5. The molecule has 0 spiro atoms. The highest BCUT2D eigenvalue weighted by Crippen LogP contribution is 2.41. The van der Waals surface area contributed by atoms with Gasteiger partial charge in [-0.2, -0.15) is 0 Å². The Morgan fingerprint density at radius 2 is 2.11 bits per heavy atom. The standard InChI is InChI=1S/C16H25NO/c1-4-18-12-11-17-15-9-10-16(2,3)14-8-6-5-7-13(14)15/h5-8,15,17H,4,9-12H2,1-3H3. The van der Waals surface area contributed by atoms with Crippen LogP contribution in [0.25, 0.3) is 0 Å². The van der Waals surface area contributed by atoms with Crippen LogP contribution in [-0.2, 0) is 10.2 Å². The van der Waals surface area contributed by atoms with Crippen molar-refractivity contribution in [1.29, 1.82) is 0 Å². The van der Waals surface area contributed by atoms with E-state index >= 15 is 0 Å². The van der Waals surface area contributed by atoms with E-state index in [0.29, 0.717) is 11.5 Å². The Hall–Kier alpha value is -0.860. The van der Waals surface area contributed by atoms with Gasteiger partial charge in [0.1, 0.15) is 0 Å². The first-order chi connectivity index (χ1) is 8.65. The Bertz CT molecular complexity index is 386. The molecule has 2 nitrogen and oxygen atoms in total. The topological polar surface area (TPSA) is 21.3 Å². The Labute approximate surface area is 111 Å². The fourth-order valence-corrected chi connectivity index (χ4v) is 2.87. The summed E-state index contributed by atoms with van der Waals surface area (Å²) < 4.78 is 5.39. The molecule has 1 aromatic rings. The Morgan fingerprint density at radius 1 is 1.33 bits per heavy atom. The highest BCUT2D eigenvalue weighted by atomic mass is 16.5. The molecule has 0 heterocycles. The maximum atomic E-state index is 5.39. The maximum absolute atomic E-state index is 5.39. The molecule has 18 heavy (non-hydrogen) atoms. The van der Waals surface area contributed by atoms with Gasteiger partial charge in [-0.05, 0) is 36.3 Å². The molecule has 2 rings (SSSR count).